The molecule has 1 atom stereocenters. The van der Waals surface area contributed by atoms with Gasteiger partial charge in [-0.05, 0) is 41.5 Å². The molecule has 6 nitrogen and oxygen atoms in total. The largest absolute Gasteiger partial charge is 0.399 e. The van der Waals surface area contributed by atoms with Gasteiger partial charge >= 0.3 is 0 Å². The third-order valence-electron chi connectivity index (χ3n) is 3.32. The molecule has 1 aromatic heterocycles. The van der Waals surface area contributed by atoms with Gasteiger partial charge in [-0.2, -0.15) is 0 Å². The number of benzene rings is 1. The van der Waals surface area contributed by atoms with Crippen molar-refractivity contribution in [2.75, 3.05) is 19.5 Å². The van der Waals surface area contributed by atoms with Gasteiger partial charge in [-0.15, -0.1) is 5.10 Å². The van der Waals surface area contributed by atoms with Crippen molar-refractivity contribution in [2.24, 2.45) is 0 Å². The number of nitrogens with two attached hydrogens (primary N) is 1. The van der Waals surface area contributed by atoms with E-state index in [1.54, 1.807) is 7.11 Å². The third-order valence-corrected chi connectivity index (χ3v) is 3.32. The van der Waals surface area contributed by atoms with Crippen molar-refractivity contribution < 1.29 is 4.74 Å². The predicted molar refractivity (Wildman–Crippen MR) is 78.2 cm³/mol. The van der Waals surface area contributed by atoms with Crippen molar-refractivity contribution in [2.45, 2.75) is 32.7 Å². The van der Waals surface area contributed by atoms with E-state index in [9.17, 15) is 0 Å². The fourth-order valence-corrected chi connectivity index (χ4v) is 2.30. The van der Waals surface area contributed by atoms with E-state index in [4.69, 9.17) is 10.5 Å². The normalized spacial score (nSPS) is 12.6. The topological polar surface area (TPSA) is 78.8 Å². The lowest BCUT2D eigenvalue weighted by Crippen LogP contribution is -2.17. The van der Waals surface area contributed by atoms with Gasteiger partial charge in [-0.25, -0.2) is 4.68 Å². The fraction of sp³-hybridized carbons (Fsp3) is 0.500. The van der Waals surface area contributed by atoms with Crippen molar-refractivity contribution in [1.29, 1.82) is 0 Å². The van der Waals surface area contributed by atoms with Crippen LogP contribution in [-0.2, 0) is 4.74 Å². The summed E-state index contributed by atoms with van der Waals surface area (Å²) in [6.45, 7) is 4.75. The predicted octanol–water partition coefficient (Wildman–Crippen LogP) is 2.22. The average molecular weight is 275 g/mol. The second-order valence-corrected chi connectivity index (χ2v) is 4.92. The zero-order valence-corrected chi connectivity index (χ0v) is 12.2. The molecule has 0 bridgehead atoms. The second-order valence-electron chi connectivity index (χ2n) is 4.92. The number of nitrogens with zero attached hydrogens (tertiary/aromatic N) is 4. The summed E-state index contributed by atoms with van der Waals surface area (Å²) in [5.74, 6) is 0.741. The molecule has 6 heteroatoms. The van der Waals surface area contributed by atoms with Gasteiger partial charge in [-0.1, -0.05) is 19.4 Å². The summed E-state index contributed by atoms with van der Waals surface area (Å²) in [4.78, 5) is 0. The van der Waals surface area contributed by atoms with E-state index in [2.05, 4.69) is 22.4 Å². The molecular weight excluding hydrogens is 254 g/mol. The molecule has 1 aromatic carbocycles. The van der Waals surface area contributed by atoms with Crippen LogP contribution in [0, 0.1) is 6.92 Å². The van der Waals surface area contributed by atoms with E-state index in [0.717, 1.165) is 29.8 Å². The highest BCUT2D eigenvalue weighted by atomic mass is 16.5. The molecule has 0 aliphatic rings. The summed E-state index contributed by atoms with van der Waals surface area (Å²) in [7, 11) is 1.69. The van der Waals surface area contributed by atoms with Crippen molar-refractivity contribution in [3.05, 3.63) is 23.8 Å². The number of aromatic nitrogens is 4. The fourth-order valence-electron chi connectivity index (χ4n) is 2.30. The summed E-state index contributed by atoms with van der Waals surface area (Å²) in [5.41, 5.74) is 8.65. The van der Waals surface area contributed by atoms with Crippen LogP contribution in [0.25, 0.3) is 11.4 Å². The van der Waals surface area contributed by atoms with Crippen LogP contribution in [0.1, 0.15) is 31.4 Å². The van der Waals surface area contributed by atoms with Crippen LogP contribution in [0.5, 0.6) is 0 Å². The SMILES string of the molecule is CCCC(COC)n1nnnc1-c1cc(N)ccc1C. The quantitative estimate of drug-likeness (QED) is 0.818. The summed E-state index contributed by atoms with van der Waals surface area (Å²) in [5, 5.41) is 12.1. The average Bonchev–Trinajstić information content (AvgIpc) is 2.90. The third kappa shape index (κ3) is 2.96. The van der Waals surface area contributed by atoms with E-state index < -0.39 is 0 Å². The molecule has 1 heterocycles. The first-order valence-corrected chi connectivity index (χ1v) is 6.80. The summed E-state index contributed by atoms with van der Waals surface area (Å²) >= 11 is 0. The Morgan fingerprint density at radius 3 is 2.90 bits per heavy atom. The number of aryl methyl sites for hydroxylation is 1. The van der Waals surface area contributed by atoms with Gasteiger partial charge in [0.15, 0.2) is 5.82 Å². The number of nitrogen functional groups attached to an aromatic ring is 1. The molecule has 0 spiro atoms. The molecule has 0 fully saturated rings. The van der Waals surface area contributed by atoms with E-state index in [-0.39, 0.29) is 6.04 Å². The Labute approximate surface area is 118 Å². The standard InChI is InChI=1S/C14H21N5O/c1-4-5-12(9-20-3)19-14(16-17-18-19)13-8-11(15)7-6-10(13)2/h6-8,12H,4-5,9,15H2,1-3H3. The maximum absolute atomic E-state index is 5.87. The smallest absolute Gasteiger partial charge is 0.182 e. The molecule has 0 radical (unpaired) electrons. The number of ether oxygens (including phenoxy) is 1. The van der Waals surface area contributed by atoms with Gasteiger partial charge in [0.2, 0.25) is 0 Å². The molecule has 0 saturated carbocycles. The first-order chi connectivity index (χ1) is 9.67. The highest BCUT2D eigenvalue weighted by Gasteiger charge is 2.19. The molecule has 0 amide bonds. The van der Waals surface area contributed by atoms with Gasteiger partial charge in [-0.3, -0.25) is 0 Å². The van der Waals surface area contributed by atoms with Crippen LogP contribution in [0.2, 0.25) is 0 Å². The Bertz CT molecular complexity index is 560. The summed E-state index contributed by atoms with van der Waals surface area (Å²) < 4.78 is 7.13. The van der Waals surface area contributed by atoms with E-state index in [1.807, 2.05) is 29.8 Å². The number of anilines is 1. The van der Waals surface area contributed by atoms with Crippen LogP contribution >= 0.6 is 0 Å². The summed E-state index contributed by atoms with van der Waals surface area (Å²) in [6.07, 6.45) is 2.01. The molecular formula is C14H21N5O. The lowest BCUT2D eigenvalue weighted by Gasteiger charge is -2.17. The zero-order chi connectivity index (χ0) is 14.5. The molecule has 0 aliphatic carbocycles. The Kier molecular flexibility index (Phi) is 4.68. The van der Waals surface area contributed by atoms with Crippen molar-refractivity contribution in [3.63, 3.8) is 0 Å². The zero-order valence-electron chi connectivity index (χ0n) is 12.2. The van der Waals surface area contributed by atoms with E-state index >= 15 is 0 Å². The van der Waals surface area contributed by atoms with Gasteiger partial charge in [0.1, 0.15) is 0 Å². The maximum Gasteiger partial charge on any atom is 0.182 e. The molecule has 2 rings (SSSR count). The highest BCUT2D eigenvalue weighted by molar-refractivity contribution is 5.65. The highest BCUT2D eigenvalue weighted by Crippen LogP contribution is 2.26. The Hall–Kier alpha value is -1.95. The van der Waals surface area contributed by atoms with Crippen LogP contribution < -0.4 is 5.73 Å². The molecule has 2 aromatic rings. The van der Waals surface area contributed by atoms with Crippen LogP contribution in [0.3, 0.4) is 0 Å². The summed E-state index contributed by atoms with van der Waals surface area (Å²) in [6, 6.07) is 5.91. The first-order valence-electron chi connectivity index (χ1n) is 6.80. The number of methoxy groups -OCH3 is 1. The number of rotatable bonds is 6. The van der Waals surface area contributed by atoms with Gasteiger partial charge in [0, 0.05) is 18.4 Å². The van der Waals surface area contributed by atoms with Gasteiger partial charge < -0.3 is 10.5 Å². The maximum atomic E-state index is 5.87. The Morgan fingerprint density at radius 2 is 2.20 bits per heavy atom. The molecule has 20 heavy (non-hydrogen) atoms. The van der Waals surface area contributed by atoms with Crippen molar-refractivity contribution >= 4 is 5.69 Å². The number of hydrogen-bond acceptors (Lipinski definition) is 5. The minimum absolute atomic E-state index is 0.135. The molecule has 2 N–H and O–H groups in total. The van der Waals surface area contributed by atoms with Crippen LogP contribution in [0.4, 0.5) is 5.69 Å². The van der Waals surface area contributed by atoms with Gasteiger partial charge in [0.25, 0.3) is 0 Å². The lowest BCUT2D eigenvalue weighted by molar-refractivity contribution is 0.144. The second kappa shape index (κ2) is 6.47. The van der Waals surface area contributed by atoms with Crippen molar-refractivity contribution in [3.8, 4) is 11.4 Å². The molecule has 1 unspecified atom stereocenters. The molecule has 108 valence electrons. The monoisotopic (exact) mass is 275 g/mol. The minimum Gasteiger partial charge on any atom is -0.399 e. The van der Waals surface area contributed by atoms with Crippen LogP contribution in [0.15, 0.2) is 18.2 Å². The van der Waals surface area contributed by atoms with E-state index in [1.165, 1.54) is 0 Å². The van der Waals surface area contributed by atoms with Crippen LogP contribution in [-0.4, -0.2) is 33.9 Å². The first kappa shape index (κ1) is 14.5. The van der Waals surface area contributed by atoms with E-state index in [0.29, 0.717) is 12.3 Å². The Balaban J connectivity index is 2.43. The lowest BCUT2D eigenvalue weighted by atomic mass is 10.1. The number of hydrogen-bond donors (Lipinski definition) is 1. The van der Waals surface area contributed by atoms with Crippen molar-refractivity contribution in [1.82, 2.24) is 20.2 Å². The molecule has 0 aliphatic heterocycles. The van der Waals surface area contributed by atoms with Gasteiger partial charge in [0.05, 0.1) is 12.6 Å². The Morgan fingerprint density at radius 1 is 1.40 bits per heavy atom. The molecule has 0 saturated heterocycles. The number of tetrazole rings is 1. The minimum atomic E-state index is 0.135.